The van der Waals surface area contributed by atoms with Gasteiger partial charge in [0.25, 0.3) is 0 Å². The first-order valence-corrected chi connectivity index (χ1v) is 11.0. The minimum atomic E-state index is -1.31. The molecule has 0 saturated carbocycles. The Morgan fingerprint density at radius 2 is 1.90 bits per heavy atom. The van der Waals surface area contributed by atoms with Gasteiger partial charge in [0, 0.05) is 36.9 Å². The van der Waals surface area contributed by atoms with Crippen molar-refractivity contribution in [1.82, 2.24) is 10.3 Å². The average molecular weight is 285 g/mol. The Labute approximate surface area is 122 Å². The van der Waals surface area contributed by atoms with Crippen LogP contribution in [0.3, 0.4) is 0 Å². The van der Waals surface area contributed by atoms with Crippen LogP contribution in [0, 0.1) is 11.5 Å². The molecule has 3 nitrogen and oxygen atoms in total. The molecule has 2 unspecified atom stereocenters. The molecule has 2 aliphatic rings. The largest absolute Gasteiger partial charge is 0.348 e. The Morgan fingerprint density at radius 3 is 2.45 bits per heavy atom. The molecule has 0 aromatic carbocycles. The topological polar surface area (TPSA) is 28.2 Å². The molecule has 1 aromatic rings. The molecule has 4 heteroatoms. The van der Waals surface area contributed by atoms with Gasteiger partial charge in [-0.2, -0.15) is 0 Å². The van der Waals surface area contributed by atoms with E-state index in [1.165, 1.54) is 12.8 Å². The van der Waals surface area contributed by atoms with E-state index in [9.17, 15) is 0 Å². The number of pyridine rings is 1. The van der Waals surface area contributed by atoms with Crippen LogP contribution in [0.2, 0.25) is 19.6 Å². The van der Waals surface area contributed by atoms with Gasteiger partial charge in [0.2, 0.25) is 0 Å². The number of piperazine rings is 1. The molecule has 106 valence electrons. The number of hydrogen-bond acceptors (Lipinski definition) is 3. The maximum atomic E-state index is 4.65. The van der Waals surface area contributed by atoms with E-state index < -0.39 is 8.07 Å². The van der Waals surface area contributed by atoms with Gasteiger partial charge in [-0.25, -0.2) is 4.98 Å². The van der Waals surface area contributed by atoms with Crippen molar-refractivity contribution in [3.05, 3.63) is 23.9 Å². The highest BCUT2D eigenvalue weighted by Gasteiger charge is 2.36. The zero-order valence-electron chi connectivity index (χ0n) is 12.6. The van der Waals surface area contributed by atoms with E-state index in [0.29, 0.717) is 12.1 Å². The Hall–Kier alpha value is -1.31. The number of fused-ring (bicyclic) bond motifs is 2. The molecule has 0 aliphatic carbocycles. The summed E-state index contributed by atoms with van der Waals surface area (Å²) in [4.78, 5) is 7.16. The first-order valence-electron chi connectivity index (χ1n) is 7.51. The summed E-state index contributed by atoms with van der Waals surface area (Å²) in [5.74, 6) is 4.39. The molecule has 2 atom stereocenters. The summed E-state index contributed by atoms with van der Waals surface area (Å²) in [7, 11) is -1.31. The van der Waals surface area contributed by atoms with E-state index in [4.69, 9.17) is 0 Å². The van der Waals surface area contributed by atoms with Crippen molar-refractivity contribution in [2.45, 2.75) is 44.6 Å². The third-order valence-corrected chi connectivity index (χ3v) is 4.85. The maximum Gasteiger partial charge on any atom is 0.129 e. The molecule has 2 fully saturated rings. The van der Waals surface area contributed by atoms with Gasteiger partial charge in [-0.3, -0.25) is 0 Å². The molecule has 3 heterocycles. The van der Waals surface area contributed by atoms with Gasteiger partial charge in [-0.15, -0.1) is 5.54 Å². The lowest BCUT2D eigenvalue weighted by Gasteiger charge is -2.36. The predicted molar refractivity (Wildman–Crippen MR) is 86.6 cm³/mol. The highest BCUT2D eigenvalue weighted by Crippen LogP contribution is 2.30. The lowest BCUT2D eigenvalue weighted by Crippen LogP contribution is -2.52. The van der Waals surface area contributed by atoms with E-state index in [2.05, 4.69) is 58.4 Å². The van der Waals surface area contributed by atoms with Crippen LogP contribution in [0.5, 0.6) is 0 Å². The Bertz CT molecular complexity index is 520. The quantitative estimate of drug-likeness (QED) is 0.634. The van der Waals surface area contributed by atoms with E-state index in [0.717, 1.165) is 24.5 Å². The van der Waals surface area contributed by atoms with Gasteiger partial charge in [0.05, 0.1) is 0 Å². The lowest BCUT2D eigenvalue weighted by molar-refractivity contribution is 0.481. The number of hydrogen-bond donors (Lipinski definition) is 1. The zero-order chi connectivity index (χ0) is 14.2. The van der Waals surface area contributed by atoms with Gasteiger partial charge in [0.15, 0.2) is 0 Å². The SMILES string of the molecule is C[Si](C)(C)C#Cc1ccc(N2C3CCC2CNC3)nc1. The fourth-order valence-electron chi connectivity index (χ4n) is 3.02. The van der Waals surface area contributed by atoms with Crippen molar-refractivity contribution >= 4 is 13.9 Å². The Morgan fingerprint density at radius 1 is 1.20 bits per heavy atom. The van der Waals surface area contributed by atoms with E-state index in [1.54, 1.807) is 0 Å². The van der Waals surface area contributed by atoms with Gasteiger partial charge in [-0.05, 0) is 25.0 Å². The summed E-state index contributed by atoms with van der Waals surface area (Å²) in [6.45, 7) is 8.98. The van der Waals surface area contributed by atoms with E-state index >= 15 is 0 Å². The second-order valence-corrected chi connectivity index (χ2v) is 11.6. The highest BCUT2D eigenvalue weighted by atomic mass is 28.3. The zero-order valence-corrected chi connectivity index (χ0v) is 13.6. The number of nitrogens with one attached hydrogen (secondary N) is 1. The van der Waals surface area contributed by atoms with Crippen molar-refractivity contribution in [3.63, 3.8) is 0 Å². The van der Waals surface area contributed by atoms with Gasteiger partial charge >= 0.3 is 0 Å². The molecular formula is C16H23N3Si. The summed E-state index contributed by atoms with van der Waals surface area (Å²) in [6.07, 6.45) is 4.51. The first kappa shape index (κ1) is 13.7. The van der Waals surface area contributed by atoms with Crippen molar-refractivity contribution in [2.75, 3.05) is 18.0 Å². The normalized spacial score (nSPS) is 25.2. The molecule has 0 spiro atoms. The molecule has 0 amide bonds. The standard InChI is InChI=1S/C16H23N3Si/c1-20(2,3)9-8-13-4-7-16(18-10-13)19-14-5-6-15(19)12-17-11-14/h4,7,10,14-15,17H,5-6,11-12H2,1-3H3. The minimum absolute atomic E-state index is 0.625. The van der Waals surface area contributed by atoms with E-state index in [-0.39, 0.29) is 0 Å². The summed E-state index contributed by atoms with van der Waals surface area (Å²) < 4.78 is 0. The molecule has 3 rings (SSSR count). The van der Waals surface area contributed by atoms with E-state index in [1.807, 2.05) is 6.20 Å². The molecule has 2 aliphatic heterocycles. The highest BCUT2D eigenvalue weighted by molar-refractivity contribution is 6.83. The maximum absolute atomic E-state index is 4.65. The van der Waals surface area contributed by atoms with Crippen LogP contribution in [0.15, 0.2) is 18.3 Å². The van der Waals surface area contributed by atoms with Gasteiger partial charge < -0.3 is 10.2 Å². The van der Waals surface area contributed by atoms with Crippen LogP contribution >= 0.6 is 0 Å². The summed E-state index contributed by atoms with van der Waals surface area (Å²) in [5.41, 5.74) is 4.43. The second kappa shape index (κ2) is 5.23. The molecule has 1 N–H and O–H groups in total. The Kier molecular flexibility index (Phi) is 3.57. The van der Waals surface area contributed by atoms with Crippen molar-refractivity contribution in [2.24, 2.45) is 0 Å². The predicted octanol–water partition coefficient (Wildman–Crippen LogP) is 2.25. The average Bonchev–Trinajstić information content (AvgIpc) is 2.66. The monoisotopic (exact) mass is 285 g/mol. The number of anilines is 1. The van der Waals surface area contributed by atoms with Crippen LogP contribution in [0.4, 0.5) is 5.82 Å². The van der Waals surface area contributed by atoms with Crippen LogP contribution in [-0.4, -0.2) is 38.2 Å². The number of nitrogens with zero attached hydrogens (tertiary/aromatic N) is 2. The molecule has 2 bridgehead atoms. The summed E-state index contributed by atoms with van der Waals surface area (Å²) >= 11 is 0. The minimum Gasteiger partial charge on any atom is -0.348 e. The van der Waals surface area contributed by atoms with Crippen LogP contribution in [0.1, 0.15) is 18.4 Å². The van der Waals surface area contributed by atoms with Crippen molar-refractivity contribution < 1.29 is 0 Å². The lowest BCUT2D eigenvalue weighted by atomic mass is 10.2. The first-order chi connectivity index (χ1) is 9.53. The van der Waals surface area contributed by atoms with Crippen molar-refractivity contribution in [3.8, 4) is 11.5 Å². The molecule has 1 aromatic heterocycles. The van der Waals surface area contributed by atoms with Crippen LogP contribution in [0.25, 0.3) is 0 Å². The van der Waals surface area contributed by atoms with Crippen molar-refractivity contribution in [1.29, 1.82) is 0 Å². The fraction of sp³-hybridized carbons (Fsp3) is 0.562. The summed E-state index contributed by atoms with van der Waals surface area (Å²) in [5, 5.41) is 3.51. The van der Waals surface area contributed by atoms with Crippen LogP contribution < -0.4 is 10.2 Å². The van der Waals surface area contributed by atoms with Crippen LogP contribution in [-0.2, 0) is 0 Å². The summed E-state index contributed by atoms with van der Waals surface area (Å²) in [6, 6.07) is 5.52. The molecule has 20 heavy (non-hydrogen) atoms. The van der Waals surface area contributed by atoms with Gasteiger partial charge in [0.1, 0.15) is 13.9 Å². The fourth-order valence-corrected chi connectivity index (χ4v) is 3.54. The Balaban J connectivity index is 1.78. The molecular weight excluding hydrogens is 262 g/mol. The molecule has 0 radical (unpaired) electrons. The third kappa shape index (κ3) is 2.89. The smallest absolute Gasteiger partial charge is 0.129 e. The second-order valence-electron chi connectivity index (χ2n) is 6.86. The number of rotatable bonds is 1. The number of aromatic nitrogens is 1. The molecule has 2 saturated heterocycles. The van der Waals surface area contributed by atoms with Gasteiger partial charge in [-0.1, -0.05) is 25.6 Å². The third-order valence-electron chi connectivity index (χ3n) is 3.97.